The van der Waals surface area contributed by atoms with E-state index in [0.717, 1.165) is 18.4 Å². The molecular weight excluding hydrogens is 322 g/mol. The minimum Gasteiger partial charge on any atom is -0.497 e. The minimum absolute atomic E-state index is 0.138. The Kier molecular flexibility index (Phi) is 6.28. The number of amides is 1. The lowest BCUT2D eigenvalue weighted by Crippen LogP contribution is -2.55. The van der Waals surface area contributed by atoms with Crippen LogP contribution in [0, 0.1) is 5.92 Å². The van der Waals surface area contributed by atoms with Crippen LogP contribution in [0.5, 0.6) is 11.5 Å². The van der Waals surface area contributed by atoms with Crippen molar-refractivity contribution >= 4 is 11.9 Å². The van der Waals surface area contributed by atoms with Gasteiger partial charge in [-0.05, 0) is 49.9 Å². The van der Waals surface area contributed by atoms with Crippen LogP contribution in [0.1, 0.15) is 44.6 Å². The summed E-state index contributed by atoms with van der Waals surface area (Å²) in [5.41, 5.74) is 0.209. The lowest BCUT2D eigenvalue weighted by molar-refractivity contribution is -0.146. The lowest BCUT2D eigenvalue weighted by atomic mass is 9.74. The maximum absolute atomic E-state index is 12.4. The molecule has 1 aliphatic rings. The Labute approximate surface area is 148 Å². The van der Waals surface area contributed by atoms with Crippen molar-refractivity contribution in [2.75, 3.05) is 14.2 Å². The molecule has 1 aliphatic carbocycles. The lowest BCUT2D eigenvalue weighted by Gasteiger charge is -2.39. The van der Waals surface area contributed by atoms with E-state index < -0.39 is 17.4 Å². The molecule has 0 aromatic heterocycles. The Hall–Kier alpha value is -2.24. The highest BCUT2D eigenvalue weighted by Crippen LogP contribution is 2.34. The molecule has 6 heteroatoms. The van der Waals surface area contributed by atoms with Gasteiger partial charge >= 0.3 is 5.97 Å². The molecule has 25 heavy (non-hydrogen) atoms. The van der Waals surface area contributed by atoms with E-state index in [2.05, 4.69) is 5.32 Å². The van der Waals surface area contributed by atoms with Crippen LogP contribution in [0.25, 0.3) is 0 Å². The zero-order chi connectivity index (χ0) is 18.4. The minimum atomic E-state index is -0.836. The summed E-state index contributed by atoms with van der Waals surface area (Å²) in [6.07, 6.45) is 3.90. The number of aliphatic carboxylic acids is 1. The zero-order valence-electron chi connectivity index (χ0n) is 15.1. The number of rotatable bonds is 7. The fourth-order valence-corrected chi connectivity index (χ4v) is 3.59. The van der Waals surface area contributed by atoms with Crippen molar-refractivity contribution < 1.29 is 24.2 Å². The molecule has 1 aromatic carbocycles. The summed E-state index contributed by atoms with van der Waals surface area (Å²) in [6.45, 7) is 1.84. The zero-order valence-corrected chi connectivity index (χ0v) is 15.1. The van der Waals surface area contributed by atoms with E-state index in [4.69, 9.17) is 9.47 Å². The SMILES string of the molecule is COc1ccc(OC)c(CCC(=O)NC2(C)CCCCC2C(=O)O)c1. The van der Waals surface area contributed by atoms with Crippen molar-refractivity contribution in [3.8, 4) is 11.5 Å². The fourth-order valence-electron chi connectivity index (χ4n) is 3.59. The third-order valence-electron chi connectivity index (χ3n) is 5.04. The van der Waals surface area contributed by atoms with Gasteiger partial charge in [-0.25, -0.2) is 0 Å². The molecule has 2 rings (SSSR count). The molecule has 0 heterocycles. The first-order valence-corrected chi connectivity index (χ1v) is 8.64. The van der Waals surface area contributed by atoms with E-state index >= 15 is 0 Å². The predicted molar refractivity (Wildman–Crippen MR) is 94.0 cm³/mol. The van der Waals surface area contributed by atoms with Crippen LogP contribution in [-0.4, -0.2) is 36.7 Å². The van der Waals surface area contributed by atoms with Crippen molar-refractivity contribution in [1.82, 2.24) is 5.32 Å². The summed E-state index contributed by atoms with van der Waals surface area (Å²) < 4.78 is 10.5. The van der Waals surface area contributed by atoms with Gasteiger partial charge in [0.15, 0.2) is 0 Å². The number of carbonyl (C=O) groups is 2. The third-order valence-corrected chi connectivity index (χ3v) is 5.04. The quantitative estimate of drug-likeness (QED) is 0.791. The fraction of sp³-hybridized carbons (Fsp3) is 0.579. The smallest absolute Gasteiger partial charge is 0.308 e. The van der Waals surface area contributed by atoms with E-state index in [-0.39, 0.29) is 12.3 Å². The second-order valence-corrected chi connectivity index (χ2v) is 6.78. The first kappa shape index (κ1) is 19.1. The van der Waals surface area contributed by atoms with Crippen molar-refractivity contribution in [2.24, 2.45) is 5.92 Å². The normalized spacial score (nSPS) is 22.9. The highest BCUT2D eigenvalue weighted by molar-refractivity contribution is 5.79. The predicted octanol–water partition coefficient (Wildman–Crippen LogP) is 2.79. The van der Waals surface area contributed by atoms with Crippen molar-refractivity contribution in [3.05, 3.63) is 23.8 Å². The van der Waals surface area contributed by atoms with Gasteiger partial charge in [-0.15, -0.1) is 0 Å². The highest BCUT2D eigenvalue weighted by Gasteiger charge is 2.42. The van der Waals surface area contributed by atoms with Crippen LogP contribution in [0.3, 0.4) is 0 Å². The van der Waals surface area contributed by atoms with E-state index in [0.29, 0.717) is 30.8 Å². The summed E-state index contributed by atoms with van der Waals surface area (Å²) in [7, 11) is 3.18. The van der Waals surface area contributed by atoms with E-state index in [1.807, 2.05) is 25.1 Å². The topological polar surface area (TPSA) is 84.9 Å². The molecule has 6 nitrogen and oxygen atoms in total. The molecule has 1 fully saturated rings. The molecule has 1 aromatic rings. The van der Waals surface area contributed by atoms with Crippen LogP contribution in [0.2, 0.25) is 0 Å². The summed E-state index contributed by atoms with van der Waals surface area (Å²) in [4.78, 5) is 23.9. The molecule has 2 N–H and O–H groups in total. The van der Waals surface area contributed by atoms with Gasteiger partial charge in [-0.1, -0.05) is 12.8 Å². The Morgan fingerprint density at radius 2 is 2.04 bits per heavy atom. The molecule has 2 unspecified atom stereocenters. The number of benzene rings is 1. The molecule has 0 aliphatic heterocycles. The second kappa shape index (κ2) is 8.23. The van der Waals surface area contributed by atoms with Crippen LogP contribution < -0.4 is 14.8 Å². The molecular formula is C19H27NO5. The highest BCUT2D eigenvalue weighted by atomic mass is 16.5. The first-order valence-electron chi connectivity index (χ1n) is 8.64. The summed E-state index contributed by atoms with van der Waals surface area (Å²) in [6, 6.07) is 5.48. The number of nitrogens with one attached hydrogen (secondary N) is 1. The van der Waals surface area contributed by atoms with E-state index in [9.17, 15) is 14.7 Å². The average molecular weight is 349 g/mol. The number of ether oxygens (including phenoxy) is 2. The summed E-state index contributed by atoms with van der Waals surface area (Å²) >= 11 is 0. The van der Waals surface area contributed by atoms with Crippen LogP contribution >= 0.6 is 0 Å². The van der Waals surface area contributed by atoms with Gasteiger partial charge in [-0.3, -0.25) is 9.59 Å². The molecule has 1 amide bonds. The Bertz CT molecular complexity index is 630. The summed E-state index contributed by atoms with van der Waals surface area (Å²) in [5.74, 6) is -0.0867. The number of aryl methyl sites for hydroxylation is 1. The maximum Gasteiger partial charge on any atom is 0.308 e. The van der Waals surface area contributed by atoms with Crippen LogP contribution in [0.4, 0.5) is 0 Å². The number of carbonyl (C=O) groups excluding carboxylic acids is 1. The molecule has 1 saturated carbocycles. The number of carboxylic acid groups (broad SMARTS) is 1. The van der Waals surface area contributed by atoms with Crippen molar-refractivity contribution in [1.29, 1.82) is 0 Å². The van der Waals surface area contributed by atoms with Gasteiger partial charge in [0.05, 0.1) is 25.7 Å². The number of hydrogen-bond donors (Lipinski definition) is 2. The van der Waals surface area contributed by atoms with Crippen LogP contribution in [-0.2, 0) is 16.0 Å². The second-order valence-electron chi connectivity index (χ2n) is 6.78. The number of hydrogen-bond acceptors (Lipinski definition) is 4. The van der Waals surface area contributed by atoms with Crippen molar-refractivity contribution in [3.63, 3.8) is 0 Å². The molecule has 138 valence electrons. The number of carboxylic acids is 1. The van der Waals surface area contributed by atoms with Crippen molar-refractivity contribution in [2.45, 2.75) is 51.0 Å². The van der Waals surface area contributed by atoms with Gasteiger partial charge in [0.2, 0.25) is 5.91 Å². The summed E-state index contributed by atoms with van der Waals surface area (Å²) in [5, 5.41) is 12.4. The third kappa shape index (κ3) is 4.65. The molecule has 0 bridgehead atoms. The van der Waals surface area contributed by atoms with Gasteiger partial charge in [0, 0.05) is 6.42 Å². The van der Waals surface area contributed by atoms with Gasteiger partial charge in [0.1, 0.15) is 11.5 Å². The largest absolute Gasteiger partial charge is 0.497 e. The molecule has 2 atom stereocenters. The van der Waals surface area contributed by atoms with E-state index in [1.165, 1.54) is 0 Å². The number of methoxy groups -OCH3 is 2. The molecule has 0 radical (unpaired) electrons. The maximum atomic E-state index is 12.4. The Balaban J connectivity index is 2.01. The van der Waals surface area contributed by atoms with Crippen LogP contribution in [0.15, 0.2) is 18.2 Å². The van der Waals surface area contributed by atoms with E-state index in [1.54, 1.807) is 14.2 Å². The van der Waals surface area contributed by atoms with Gasteiger partial charge < -0.3 is 19.9 Å². The van der Waals surface area contributed by atoms with Gasteiger partial charge in [0.25, 0.3) is 0 Å². The first-order chi connectivity index (χ1) is 11.9. The monoisotopic (exact) mass is 349 g/mol. The molecule has 0 saturated heterocycles. The standard InChI is InChI=1S/C19H27NO5/c1-19(11-5-4-6-15(19)18(22)23)20-17(21)10-7-13-12-14(24-2)8-9-16(13)25-3/h8-9,12,15H,4-7,10-11H2,1-3H3,(H,20,21)(H,22,23). The average Bonchev–Trinajstić information content (AvgIpc) is 2.59. The molecule has 0 spiro atoms. The van der Waals surface area contributed by atoms with Gasteiger partial charge in [-0.2, -0.15) is 0 Å². The Morgan fingerprint density at radius 3 is 2.68 bits per heavy atom. The Morgan fingerprint density at radius 1 is 1.28 bits per heavy atom.